The van der Waals surface area contributed by atoms with Crippen molar-refractivity contribution in [3.8, 4) is 0 Å². The third-order valence-corrected chi connectivity index (χ3v) is 9.98. The quantitative estimate of drug-likeness (QED) is 0.382. The Morgan fingerprint density at radius 1 is 0.848 bits per heavy atom. The van der Waals surface area contributed by atoms with Crippen LogP contribution < -0.4 is 0 Å². The first-order valence-corrected chi connectivity index (χ1v) is 14.5. The summed E-state index contributed by atoms with van der Waals surface area (Å²) >= 11 is 0. The van der Waals surface area contributed by atoms with Crippen molar-refractivity contribution in [2.24, 2.45) is 35.5 Å². The highest BCUT2D eigenvalue weighted by atomic mass is 31.2. The second-order valence-electron chi connectivity index (χ2n) is 11.4. The van der Waals surface area contributed by atoms with E-state index in [4.69, 9.17) is 9.05 Å². The first-order chi connectivity index (χ1) is 15.5. The summed E-state index contributed by atoms with van der Waals surface area (Å²) in [6.45, 7) is 13.1. The molecule has 8 atom stereocenters. The molecule has 0 spiro atoms. The normalized spacial score (nSPS) is 33.8. The molecule has 3 rings (SSSR count). The van der Waals surface area contributed by atoms with E-state index in [1.54, 1.807) is 0 Å². The number of halogens is 1. The molecule has 2 aliphatic rings. The smallest absolute Gasteiger partial charge is 0.363 e. The minimum Gasteiger partial charge on any atom is -0.376 e. The molecule has 0 aliphatic heterocycles. The largest absolute Gasteiger partial charge is 0.376 e. The lowest BCUT2D eigenvalue weighted by Gasteiger charge is -2.42. The topological polar surface area (TPSA) is 55.8 Å². The van der Waals surface area contributed by atoms with Crippen LogP contribution in [0.5, 0.6) is 0 Å². The first kappa shape index (κ1) is 26.9. The van der Waals surface area contributed by atoms with E-state index in [0.717, 1.165) is 38.5 Å². The summed E-state index contributed by atoms with van der Waals surface area (Å²) < 4.78 is 40.9. The van der Waals surface area contributed by atoms with Crippen LogP contribution in [0.25, 0.3) is 0 Å². The third kappa shape index (κ3) is 6.69. The van der Waals surface area contributed by atoms with Crippen LogP contribution in [-0.2, 0) is 13.6 Å². The van der Waals surface area contributed by atoms with Crippen LogP contribution in [-0.4, -0.2) is 17.3 Å². The Kier molecular flexibility index (Phi) is 9.22. The number of aliphatic hydroxyl groups is 1. The van der Waals surface area contributed by atoms with Gasteiger partial charge in [0.25, 0.3) is 0 Å². The minimum absolute atomic E-state index is 0.229. The van der Waals surface area contributed by atoms with Crippen molar-refractivity contribution in [2.45, 2.75) is 98.1 Å². The molecule has 1 N–H and O–H groups in total. The van der Waals surface area contributed by atoms with Crippen LogP contribution in [0.4, 0.5) is 4.39 Å². The Morgan fingerprint density at radius 2 is 1.27 bits per heavy atom. The van der Waals surface area contributed by atoms with E-state index in [2.05, 4.69) is 41.5 Å². The molecule has 0 radical (unpaired) electrons. The van der Waals surface area contributed by atoms with Crippen molar-refractivity contribution >= 4 is 7.60 Å². The molecule has 4 nitrogen and oxygen atoms in total. The van der Waals surface area contributed by atoms with Crippen molar-refractivity contribution in [1.29, 1.82) is 0 Å². The molecule has 0 bridgehead atoms. The second kappa shape index (κ2) is 11.3. The van der Waals surface area contributed by atoms with Crippen molar-refractivity contribution in [3.05, 3.63) is 35.6 Å². The first-order valence-electron chi connectivity index (χ1n) is 12.9. The zero-order valence-corrected chi connectivity index (χ0v) is 22.1. The van der Waals surface area contributed by atoms with Gasteiger partial charge in [-0.05, 0) is 78.9 Å². The molecule has 0 saturated heterocycles. The van der Waals surface area contributed by atoms with Gasteiger partial charge in [-0.1, -0.05) is 66.5 Å². The van der Waals surface area contributed by atoms with E-state index < -0.39 is 19.3 Å². The third-order valence-electron chi connectivity index (χ3n) is 7.95. The second-order valence-corrected chi connectivity index (χ2v) is 13.4. The van der Waals surface area contributed by atoms with Gasteiger partial charge in [0.15, 0.2) is 5.85 Å². The van der Waals surface area contributed by atoms with Crippen LogP contribution in [0.3, 0.4) is 0 Å². The van der Waals surface area contributed by atoms with Gasteiger partial charge in [-0.2, -0.15) is 0 Å². The van der Waals surface area contributed by atoms with E-state index in [9.17, 15) is 14.1 Å². The molecular formula is C27H44FO4P. The minimum atomic E-state index is -3.96. The lowest BCUT2D eigenvalue weighted by atomic mass is 9.75. The SMILES string of the molecule is CC(C)[C@H]1CC[C@H](C)C[C@H]1OP(=O)(O[C@H]1C[C@H](C)CC[C@H]1C(C)C)[C@@H](O)c1ccc(F)cc1. The van der Waals surface area contributed by atoms with Gasteiger partial charge >= 0.3 is 7.60 Å². The van der Waals surface area contributed by atoms with Gasteiger partial charge in [-0.3, -0.25) is 4.57 Å². The molecule has 188 valence electrons. The lowest BCUT2D eigenvalue weighted by molar-refractivity contribution is -0.0154. The average Bonchev–Trinajstić information content (AvgIpc) is 2.73. The van der Waals surface area contributed by atoms with Crippen LogP contribution in [0, 0.1) is 41.3 Å². The zero-order chi connectivity index (χ0) is 24.3. The van der Waals surface area contributed by atoms with E-state index in [1.807, 2.05) is 0 Å². The molecule has 1 aromatic rings. The zero-order valence-electron chi connectivity index (χ0n) is 21.2. The van der Waals surface area contributed by atoms with E-state index in [-0.39, 0.29) is 24.0 Å². The maximum Gasteiger partial charge on any atom is 0.363 e. The summed E-state index contributed by atoms with van der Waals surface area (Å²) in [5.41, 5.74) is 0.370. The molecular weight excluding hydrogens is 438 g/mol. The maximum absolute atomic E-state index is 14.5. The Morgan fingerprint density at radius 3 is 1.67 bits per heavy atom. The standard InChI is InChI=1S/C27H44FO4P/c1-17(2)23-13-7-19(5)15-25(23)31-33(30,27(29)21-9-11-22(28)12-10-21)32-26-16-20(6)8-14-24(26)18(3)4/h9-12,17-20,23-27,29H,7-8,13-16H2,1-6H3/t19-,20+,23+,24-,25+,26-,27-,33?/m1/s1. The van der Waals surface area contributed by atoms with Gasteiger partial charge in [0.05, 0.1) is 12.2 Å². The van der Waals surface area contributed by atoms with E-state index >= 15 is 0 Å². The maximum atomic E-state index is 14.5. The molecule has 0 aromatic heterocycles. The predicted molar refractivity (Wildman–Crippen MR) is 131 cm³/mol. The van der Waals surface area contributed by atoms with Gasteiger partial charge < -0.3 is 14.2 Å². The molecule has 2 aliphatic carbocycles. The number of benzene rings is 1. The molecule has 33 heavy (non-hydrogen) atoms. The van der Waals surface area contributed by atoms with E-state index in [0.29, 0.717) is 29.2 Å². The van der Waals surface area contributed by atoms with Gasteiger partial charge in [0, 0.05) is 0 Å². The Bertz CT molecular complexity index is 758. The lowest BCUT2D eigenvalue weighted by Crippen LogP contribution is -2.37. The van der Waals surface area contributed by atoms with Gasteiger partial charge in [-0.15, -0.1) is 0 Å². The molecule has 1 unspecified atom stereocenters. The highest BCUT2D eigenvalue weighted by Gasteiger charge is 2.46. The molecule has 6 heteroatoms. The monoisotopic (exact) mass is 482 g/mol. The molecule has 2 saturated carbocycles. The molecule has 0 heterocycles. The fourth-order valence-electron chi connectivity index (χ4n) is 5.81. The summed E-state index contributed by atoms with van der Waals surface area (Å²) in [6.07, 6.45) is 5.45. The van der Waals surface area contributed by atoms with Crippen LogP contribution in [0.1, 0.15) is 91.5 Å². The summed E-state index contributed by atoms with van der Waals surface area (Å²) in [5, 5.41) is 11.3. The van der Waals surface area contributed by atoms with Crippen LogP contribution >= 0.6 is 7.60 Å². The Labute approximate surface area is 200 Å². The van der Waals surface area contributed by atoms with Crippen LogP contribution in [0.2, 0.25) is 0 Å². The van der Waals surface area contributed by atoms with Crippen molar-refractivity contribution in [1.82, 2.24) is 0 Å². The molecule has 1 aromatic carbocycles. The number of hydrogen-bond acceptors (Lipinski definition) is 4. The van der Waals surface area contributed by atoms with Gasteiger partial charge in [0.2, 0.25) is 0 Å². The predicted octanol–water partition coefficient (Wildman–Crippen LogP) is 7.96. The van der Waals surface area contributed by atoms with Crippen molar-refractivity contribution < 1.29 is 23.1 Å². The summed E-state index contributed by atoms with van der Waals surface area (Å²) in [4.78, 5) is 0. The van der Waals surface area contributed by atoms with Gasteiger partial charge in [-0.25, -0.2) is 4.39 Å². The van der Waals surface area contributed by atoms with Crippen LogP contribution in [0.15, 0.2) is 24.3 Å². The fourth-order valence-corrected chi connectivity index (χ4v) is 7.86. The fraction of sp³-hybridized carbons (Fsp3) is 0.778. The Hall–Kier alpha value is -0.740. The summed E-state index contributed by atoms with van der Waals surface area (Å²) in [5.74, 6) is 0.417. The summed E-state index contributed by atoms with van der Waals surface area (Å²) in [6, 6.07) is 5.52. The number of hydrogen-bond donors (Lipinski definition) is 1. The number of aliphatic hydroxyl groups excluding tert-OH is 1. The van der Waals surface area contributed by atoms with E-state index in [1.165, 1.54) is 24.3 Å². The average molecular weight is 483 g/mol. The van der Waals surface area contributed by atoms with Crippen molar-refractivity contribution in [3.63, 3.8) is 0 Å². The Balaban J connectivity index is 1.94. The highest BCUT2D eigenvalue weighted by Crippen LogP contribution is 2.64. The molecule has 0 amide bonds. The summed E-state index contributed by atoms with van der Waals surface area (Å²) in [7, 11) is -3.96. The highest BCUT2D eigenvalue weighted by molar-refractivity contribution is 7.54. The van der Waals surface area contributed by atoms with Crippen molar-refractivity contribution in [2.75, 3.05) is 0 Å². The molecule has 2 fully saturated rings. The number of rotatable bonds is 8. The van der Waals surface area contributed by atoms with Gasteiger partial charge in [0.1, 0.15) is 5.82 Å².